The molecule has 1 fully saturated rings. The number of anilines is 2. The highest BCUT2D eigenvalue weighted by atomic mass is 79.9. The number of hydrogen-bond donors (Lipinski definition) is 1. The Morgan fingerprint density at radius 1 is 1.15 bits per heavy atom. The highest BCUT2D eigenvalue weighted by molar-refractivity contribution is 9.10. The van der Waals surface area contributed by atoms with Crippen molar-refractivity contribution in [3.63, 3.8) is 0 Å². The Kier molecular flexibility index (Phi) is 7.24. The highest BCUT2D eigenvalue weighted by Gasteiger charge is 2.13. The average Bonchev–Trinajstić information content (AvgIpc) is 2.72. The number of hydrogen-bond acceptors (Lipinski definition) is 5. The number of nitrogens with one attached hydrogen (secondary N) is 1. The van der Waals surface area contributed by atoms with E-state index in [0.29, 0.717) is 13.2 Å². The van der Waals surface area contributed by atoms with Gasteiger partial charge in [0.15, 0.2) is 11.5 Å². The number of nitrogens with zero attached hydrogens (tertiary/aromatic N) is 1. The molecule has 0 bridgehead atoms. The van der Waals surface area contributed by atoms with E-state index in [0.717, 1.165) is 59.9 Å². The van der Waals surface area contributed by atoms with Gasteiger partial charge in [-0.15, -0.1) is 0 Å². The maximum Gasteiger partial charge on any atom is 0.166 e. The van der Waals surface area contributed by atoms with Crippen LogP contribution in [0.5, 0.6) is 11.5 Å². The Hall–Kier alpha value is -1.92. The predicted octanol–water partition coefficient (Wildman–Crippen LogP) is 4.70. The third-order valence-electron chi connectivity index (χ3n) is 4.49. The molecule has 3 rings (SSSR count). The van der Waals surface area contributed by atoms with Crippen LogP contribution in [0.4, 0.5) is 11.4 Å². The minimum atomic E-state index is 0.658. The molecule has 2 aromatic rings. The summed E-state index contributed by atoms with van der Waals surface area (Å²) >= 11 is 3.56. The van der Waals surface area contributed by atoms with Gasteiger partial charge in [0.1, 0.15) is 0 Å². The number of ether oxygens (including phenoxy) is 3. The molecular formula is C21H27BrN2O3. The second-order valence-corrected chi connectivity index (χ2v) is 7.36. The van der Waals surface area contributed by atoms with Gasteiger partial charge in [-0.05, 0) is 42.8 Å². The zero-order valence-electron chi connectivity index (χ0n) is 16.0. The van der Waals surface area contributed by atoms with Crippen molar-refractivity contribution in [1.29, 1.82) is 0 Å². The summed E-state index contributed by atoms with van der Waals surface area (Å²) in [6.07, 6.45) is 0.953. The molecule has 1 N–H and O–H groups in total. The Labute approximate surface area is 169 Å². The first-order valence-electron chi connectivity index (χ1n) is 9.37. The van der Waals surface area contributed by atoms with Crippen molar-refractivity contribution in [1.82, 2.24) is 0 Å². The molecule has 1 heterocycles. The van der Waals surface area contributed by atoms with Gasteiger partial charge in [0, 0.05) is 41.0 Å². The second kappa shape index (κ2) is 9.85. The molecule has 27 heavy (non-hydrogen) atoms. The van der Waals surface area contributed by atoms with Crippen LogP contribution in [-0.2, 0) is 11.3 Å². The summed E-state index contributed by atoms with van der Waals surface area (Å²) in [5.41, 5.74) is 3.37. The summed E-state index contributed by atoms with van der Waals surface area (Å²) in [6, 6.07) is 12.6. The van der Waals surface area contributed by atoms with Gasteiger partial charge < -0.3 is 24.4 Å². The van der Waals surface area contributed by atoms with Gasteiger partial charge in [0.05, 0.1) is 26.9 Å². The highest BCUT2D eigenvalue weighted by Crippen LogP contribution is 2.35. The van der Waals surface area contributed by atoms with E-state index in [1.807, 2.05) is 6.07 Å². The first kappa shape index (κ1) is 19.8. The second-order valence-electron chi connectivity index (χ2n) is 6.44. The third-order valence-corrected chi connectivity index (χ3v) is 4.95. The monoisotopic (exact) mass is 434 g/mol. The quantitative estimate of drug-likeness (QED) is 0.652. The number of benzene rings is 2. The molecule has 1 saturated heterocycles. The molecule has 1 aliphatic heterocycles. The summed E-state index contributed by atoms with van der Waals surface area (Å²) in [4.78, 5) is 2.35. The molecule has 0 saturated carbocycles. The Morgan fingerprint density at radius 2 is 1.89 bits per heavy atom. The van der Waals surface area contributed by atoms with Crippen LogP contribution in [0.2, 0.25) is 0 Å². The van der Waals surface area contributed by atoms with Crippen molar-refractivity contribution in [3.8, 4) is 11.5 Å². The predicted molar refractivity (Wildman–Crippen MR) is 113 cm³/mol. The lowest BCUT2D eigenvalue weighted by atomic mass is 10.1. The number of morpholine rings is 1. The van der Waals surface area contributed by atoms with Crippen molar-refractivity contribution in [2.24, 2.45) is 0 Å². The molecule has 1 aliphatic rings. The SMILES string of the molecule is CCCOc1c(CNc2ccc(N3CCOCC3)cc2)cc(Br)cc1OC. The molecule has 0 aromatic heterocycles. The van der Waals surface area contributed by atoms with Gasteiger partial charge in [-0.25, -0.2) is 0 Å². The molecule has 0 amide bonds. The fourth-order valence-electron chi connectivity index (χ4n) is 3.08. The molecule has 6 heteroatoms. The third kappa shape index (κ3) is 5.30. The van der Waals surface area contributed by atoms with Crippen LogP contribution in [-0.4, -0.2) is 40.0 Å². The lowest BCUT2D eigenvalue weighted by Gasteiger charge is -2.29. The maximum absolute atomic E-state index is 5.95. The van der Waals surface area contributed by atoms with Crippen molar-refractivity contribution >= 4 is 27.3 Å². The minimum Gasteiger partial charge on any atom is -0.493 e. The van der Waals surface area contributed by atoms with Crippen molar-refractivity contribution < 1.29 is 14.2 Å². The smallest absolute Gasteiger partial charge is 0.166 e. The molecule has 0 atom stereocenters. The zero-order chi connectivity index (χ0) is 19.1. The van der Waals surface area contributed by atoms with Crippen LogP contribution in [0.15, 0.2) is 40.9 Å². The van der Waals surface area contributed by atoms with Crippen LogP contribution >= 0.6 is 15.9 Å². The fourth-order valence-corrected chi connectivity index (χ4v) is 3.57. The molecule has 0 radical (unpaired) electrons. The van der Waals surface area contributed by atoms with E-state index in [2.05, 4.69) is 63.4 Å². The topological polar surface area (TPSA) is 43.0 Å². The molecule has 0 spiro atoms. The summed E-state index contributed by atoms with van der Waals surface area (Å²) < 4.78 is 17.8. The zero-order valence-corrected chi connectivity index (χ0v) is 17.5. The summed E-state index contributed by atoms with van der Waals surface area (Å²) in [5, 5.41) is 3.49. The Morgan fingerprint density at radius 3 is 2.56 bits per heavy atom. The normalized spacial score (nSPS) is 14.1. The lowest BCUT2D eigenvalue weighted by Crippen LogP contribution is -2.36. The molecule has 146 valence electrons. The van der Waals surface area contributed by atoms with Gasteiger partial charge in [-0.3, -0.25) is 0 Å². The number of rotatable bonds is 8. The van der Waals surface area contributed by atoms with Crippen molar-refractivity contribution in [3.05, 3.63) is 46.4 Å². The summed E-state index contributed by atoms with van der Waals surface area (Å²) in [6.45, 7) is 6.91. The van der Waals surface area contributed by atoms with Crippen LogP contribution < -0.4 is 19.7 Å². The largest absolute Gasteiger partial charge is 0.493 e. The van der Waals surface area contributed by atoms with E-state index in [4.69, 9.17) is 14.2 Å². The molecular weight excluding hydrogens is 408 g/mol. The van der Waals surface area contributed by atoms with E-state index in [-0.39, 0.29) is 0 Å². The van der Waals surface area contributed by atoms with E-state index in [1.54, 1.807) is 7.11 Å². The first-order chi connectivity index (χ1) is 13.2. The minimum absolute atomic E-state index is 0.658. The van der Waals surface area contributed by atoms with Crippen LogP contribution in [0.1, 0.15) is 18.9 Å². The van der Waals surface area contributed by atoms with E-state index in [1.165, 1.54) is 5.69 Å². The van der Waals surface area contributed by atoms with E-state index >= 15 is 0 Å². The number of halogens is 1. The van der Waals surface area contributed by atoms with Gasteiger partial charge >= 0.3 is 0 Å². The summed E-state index contributed by atoms with van der Waals surface area (Å²) in [5.74, 6) is 1.55. The average molecular weight is 435 g/mol. The Balaban J connectivity index is 1.69. The molecule has 2 aromatic carbocycles. The first-order valence-corrected chi connectivity index (χ1v) is 10.2. The Bertz CT molecular complexity index is 731. The summed E-state index contributed by atoms with van der Waals surface area (Å²) in [7, 11) is 1.67. The van der Waals surface area contributed by atoms with Crippen LogP contribution in [0.3, 0.4) is 0 Å². The molecule has 0 aliphatic carbocycles. The van der Waals surface area contributed by atoms with Gasteiger partial charge in [0.2, 0.25) is 0 Å². The van der Waals surface area contributed by atoms with Gasteiger partial charge in [-0.1, -0.05) is 22.9 Å². The number of methoxy groups -OCH3 is 1. The van der Waals surface area contributed by atoms with E-state index in [9.17, 15) is 0 Å². The molecule has 0 unspecified atom stereocenters. The van der Waals surface area contributed by atoms with Crippen molar-refractivity contribution in [2.75, 3.05) is 50.2 Å². The maximum atomic E-state index is 5.95. The molecule has 5 nitrogen and oxygen atoms in total. The fraction of sp³-hybridized carbons (Fsp3) is 0.429. The van der Waals surface area contributed by atoms with E-state index < -0.39 is 0 Å². The van der Waals surface area contributed by atoms with Crippen molar-refractivity contribution in [2.45, 2.75) is 19.9 Å². The van der Waals surface area contributed by atoms with Crippen LogP contribution in [0, 0.1) is 0 Å². The lowest BCUT2D eigenvalue weighted by molar-refractivity contribution is 0.122. The standard InChI is InChI=1S/C21H27BrN2O3/c1-3-10-27-21-16(13-17(22)14-20(21)25-2)15-23-18-4-6-19(7-5-18)24-8-11-26-12-9-24/h4-7,13-14,23H,3,8-12,15H2,1-2H3. The van der Waals surface area contributed by atoms with Gasteiger partial charge in [0.25, 0.3) is 0 Å². The van der Waals surface area contributed by atoms with Crippen LogP contribution in [0.25, 0.3) is 0 Å². The van der Waals surface area contributed by atoms with Gasteiger partial charge in [-0.2, -0.15) is 0 Å².